The zero-order valence-electron chi connectivity index (χ0n) is 30.5. The molecule has 0 unspecified atom stereocenters. The maximum absolute atomic E-state index is 5.35. The maximum atomic E-state index is 5.35. The van der Waals surface area contributed by atoms with Crippen LogP contribution in [0.1, 0.15) is 22.3 Å². The van der Waals surface area contributed by atoms with E-state index in [1.807, 2.05) is 18.2 Å². The van der Waals surface area contributed by atoms with Crippen molar-refractivity contribution in [2.45, 2.75) is 5.41 Å². The lowest BCUT2D eigenvalue weighted by atomic mass is 9.70. The van der Waals surface area contributed by atoms with Crippen LogP contribution in [0.5, 0.6) is 0 Å². The molecule has 0 saturated carbocycles. The Hall–Kier alpha value is -7.21. The Morgan fingerprint density at radius 2 is 0.947 bits per heavy atom. The molecule has 11 aromatic rings. The van der Waals surface area contributed by atoms with Crippen LogP contribution in [0.2, 0.25) is 0 Å². The molecule has 0 radical (unpaired) electrons. The van der Waals surface area contributed by atoms with E-state index in [-0.39, 0.29) is 0 Å². The Morgan fingerprint density at radius 3 is 1.68 bits per heavy atom. The minimum Gasteiger partial charge on any atom is -0.278 e. The smallest absolute Gasteiger partial charge is 0.238 e. The van der Waals surface area contributed by atoms with E-state index in [2.05, 4.69) is 168 Å². The van der Waals surface area contributed by atoms with Gasteiger partial charge in [0.25, 0.3) is 0 Å². The first-order valence-corrected chi connectivity index (χ1v) is 20.2. The molecule has 0 atom stereocenters. The van der Waals surface area contributed by atoms with Crippen LogP contribution in [0.3, 0.4) is 0 Å². The van der Waals surface area contributed by atoms with Crippen molar-refractivity contribution in [1.29, 1.82) is 0 Å². The van der Waals surface area contributed by atoms with E-state index < -0.39 is 5.41 Å². The topological polar surface area (TPSA) is 43.6 Å². The van der Waals surface area contributed by atoms with E-state index in [4.69, 9.17) is 15.0 Å². The molecule has 8 aromatic carbocycles. The van der Waals surface area contributed by atoms with E-state index in [1.165, 1.54) is 70.1 Å². The Morgan fingerprint density at radius 1 is 0.368 bits per heavy atom. The molecule has 1 spiro atoms. The summed E-state index contributed by atoms with van der Waals surface area (Å²) < 4.78 is 4.74. The molecule has 0 N–H and O–H groups in total. The zero-order valence-corrected chi connectivity index (χ0v) is 31.3. The predicted octanol–water partition coefficient (Wildman–Crippen LogP) is 13.0. The highest BCUT2D eigenvalue weighted by Gasteiger charge is 2.51. The third-order valence-corrected chi connectivity index (χ3v) is 13.4. The summed E-state index contributed by atoms with van der Waals surface area (Å²) in [7, 11) is 0. The molecule has 0 saturated heterocycles. The highest BCUT2D eigenvalue weighted by atomic mass is 32.1. The SMILES string of the molecule is c1ccc(-c2nc(-c3ccc4c(c3)sc3ccccc34)nc(-n3c4ccccc4c4cc5c(cc43)-c3ccccc3C53c4ccccc4-c4ccccc43)n2)cc1. The lowest BCUT2D eigenvalue weighted by Gasteiger charge is -2.30. The fourth-order valence-corrected chi connectivity index (χ4v) is 11.1. The number of rotatable bonds is 3. The number of fused-ring (bicyclic) bond motifs is 16. The summed E-state index contributed by atoms with van der Waals surface area (Å²) in [6.07, 6.45) is 0. The molecule has 3 heterocycles. The number of aromatic nitrogens is 4. The number of thiophene rings is 1. The van der Waals surface area contributed by atoms with E-state index >= 15 is 0 Å². The minimum atomic E-state index is -0.428. The molecule has 2 aliphatic carbocycles. The molecule has 264 valence electrons. The van der Waals surface area contributed by atoms with Crippen LogP contribution in [0.4, 0.5) is 0 Å². The van der Waals surface area contributed by atoms with Gasteiger partial charge in [0.1, 0.15) is 0 Å². The number of nitrogens with zero attached hydrogens (tertiary/aromatic N) is 4. The third-order valence-electron chi connectivity index (χ3n) is 12.3. The largest absolute Gasteiger partial charge is 0.278 e. The number of para-hydroxylation sites is 1. The van der Waals surface area contributed by atoms with Gasteiger partial charge in [-0.15, -0.1) is 11.3 Å². The first kappa shape index (κ1) is 31.0. The highest BCUT2D eigenvalue weighted by Crippen LogP contribution is 2.63. The van der Waals surface area contributed by atoms with Crippen LogP contribution in [0, 0.1) is 0 Å². The van der Waals surface area contributed by atoms with Crippen molar-refractivity contribution in [3.63, 3.8) is 0 Å². The van der Waals surface area contributed by atoms with Crippen LogP contribution in [0.15, 0.2) is 182 Å². The molecule has 5 heteroatoms. The summed E-state index contributed by atoms with van der Waals surface area (Å²) in [6, 6.07) is 66.0. The summed E-state index contributed by atoms with van der Waals surface area (Å²) in [5.41, 5.74) is 14.0. The molecule has 2 aliphatic rings. The van der Waals surface area contributed by atoms with Crippen LogP contribution in [0.25, 0.3) is 93.0 Å². The number of hydrogen-bond donors (Lipinski definition) is 0. The van der Waals surface area contributed by atoms with Gasteiger partial charge in [0, 0.05) is 42.1 Å². The fraction of sp³-hybridized carbons (Fsp3) is 0.0192. The van der Waals surface area contributed by atoms with Gasteiger partial charge in [-0.2, -0.15) is 9.97 Å². The maximum Gasteiger partial charge on any atom is 0.238 e. The summed E-state index contributed by atoms with van der Waals surface area (Å²) in [4.78, 5) is 15.8. The third kappa shape index (κ3) is 4.13. The lowest BCUT2D eigenvalue weighted by Crippen LogP contribution is -2.25. The van der Waals surface area contributed by atoms with Gasteiger partial charge < -0.3 is 0 Å². The lowest BCUT2D eigenvalue weighted by molar-refractivity contribution is 0.795. The van der Waals surface area contributed by atoms with Gasteiger partial charge in [-0.25, -0.2) is 4.98 Å². The molecular formula is C52H30N4S. The highest BCUT2D eigenvalue weighted by molar-refractivity contribution is 7.25. The number of hydrogen-bond acceptors (Lipinski definition) is 4. The van der Waals surface area contributed by atoms with E-state index in [9.17, 15) is 0 Å². The molecular weight excluding hydrogens is 713 g/mol. The summed E-state index contributed by atoms with van der Waals surface area (Å²) in [5.74, 6) is 1.88. The van der Waals surface area contributed by atoms with Gasteiger partial charge in [0.05, 0.1) is 16.4 Å². The van der Waals surface area contributed by atoms with Crippen molar-refractivity contribution in [2.75, 3.05) is 0 Å². The standard InChI is InChI=1S/C52H30N4S/c1-2-14-31(15-3-1)49-53-50(32-26-27-38-37-20-8-13-25-47(37)57-48(38)28-32)55-51(54-49)56-45-24-12-7-19-36(45)40-29-44-39(30-46(40)56)35-18-6-11-23-43(35)52(44)41-21-9-4-16-33(41)34-17-5-10-22-42(34)52/h1-30H. The first-order chi connectivity index (χ1) is 28.3. The van der Waals surface area contributed by atoms with E-state index in [0.29, 0.717) is 17.6 Å². The predicted molar refractivity (Wildman–Crippen MR) is 234 cm³/mol. The van der Waals surface area contributed by atoms with Crippen LogP contribution in [-0.4, -0.2) is 19.5 Å². The summed E-state index contributed by atoms with van der Waals surface area (Å²) in [6.45, 7) is 0. The summed E-state index contributed by atoms with van der Waals surface area (Å²) in [5, 5.41) is 4.86. The van der Waals surface area contributed by atoms with Crippen molar-refractivity contribution in [3.8, 4) is 51.0 Å². The van der Waals surface area contributed by atoms with Gasteiger partial charge >= 0.3 is 0 Å². The van der Waals surface area contributed by atoms with Gasteiger partial charge in [-0.05, 0) is 74.8 Å². The fourth-order valence-electron chi connectivity index (χ4n) is 9.94. The molecule has 4 nitrogen and oxygen atoms in total. The van der Waals surface area contributed by atoms with Crippen LogP contribution in [-0.2, 0) is 5.41 Å². The average molecular weight is 743 g/mol. The average Bonchev–Trinajstić information content (AvgIpc) is 3.99. The Kier molecular flexibility index (Phi) is 6.22. The second-order valence-corrected chi connectivity index (χ2v) is 16.2. The van der Waals surface area contributed by atoms with Gasteiger partial charge in [0.15, 0.2) is 11.6 Å². The van der Waals surface area contributed by atoms with Crippen molar-refractivity contribution in [3.05, 3.63) is 204 Å². The Balaban J connectivity index is 1.10. The van der Waals surface area contributed by atoms with Gasteiger partial charge in [-0.1, -0.05) is 152 Å². The molecule has 13 rings (SSSR count). The Labute approximate surface area is 332 Å². The molecule has 57 heavy (non-hydrogen) atoms. The first-order valence-electron chi connectivity index (χ1n) is 19.4. The normalized spacial score (nSPS) is 13.4. The molecule has 0 bridgehead atoms. The number of benzene rings is 8. The van der Waals surface area contributed by atoms with Crippen molar-refractivity contribution in [2.24, 2.45) is 0 Å². The Bertz CT molecular complexity index is 3440. The molecule has 3 aromatic heterocycles. The second kappa shape index (κ2) is 11.4. The van der Waals surface area contributed by atoms with E-state index in [0.717, 1.165) is 27.5 Å². The van der Waals surface area contributed by atoms with Crippen LogP contribution >= 0.6 is 11.3 Å². The molecule has 0 fully saturated rings. The summed E-state index contributed by atoms with van der Waals surface area (Å²) >= 11 is 1.81. The minimum absolute atomic E-state index is 0.428. The monoisotopic (exact) mass is 742 g/mol. The second-order valence-electron chi connectivity index (χ2n) is 15.1. The molecule has 0 aliphatic heterocycles. The van der Waals surface area contributed by atoms with Crippen molar-refractivity contribution < 1.29 is 0 Å². The van der Waals surface area contributed by atoms with Gasteiger partial charge in [0.2, 0.25) is 5.95 Å². The van der Waals surface area contributed by atoms with E-state index in [1.54, 1.807) is 11.3 Å². The zero-order chi connectivity index (χ0) is 37.2. The van der Waals surface area contributed by atoms with Crippen molar-refractivity contribution >= 4 is 53.3 Å². The van der Waals surface area contributed by atoms with Crippen molar-refractivity contribution in [1.82, 2.24) is 19.5 Å². The molecule has 0 amide bonds. The van der Waals surface area contributed by atoms with Gasteiger partial charge in [-0.3, -0.25) is 4.57 Å². The quantitative estimate of drug-likeness (QED) is 0.181. The van der Waals surface area contributed by atoms with Crippen LogP contribution < -0.4 is 0 Å².